The normalized spacial score (nSPS) is 15.6. The number of aromatic nitrogens is 2. The molecule has 0 saturated carbocycles. The molecule has 1 fully saturated rings. The van der Waals surface area contributed by atoms with E-state index in [0.717, 1.165) is 32.1 Å². The van der Waals surface area contributed by atoms with Crippen LogP contribution in [0.4, 0.5) is 5.82 Å². The van der Waals surface area contributed by atoms with Crippen molar-refractivity contribution in [2.24, 2.45) is 5.92 Å². The second-order valence-electron chi connectivity index (χ2n) is 4.80. The molecule has 0 unspecified atom stereocenters. The van der Waals surface area contributed by atoms with E-state index >= 15 is 0 Å². The van der Waals surface area contributed by atoms with Gasteiger partial charge in [-0.25, -0.2) is 9.97 Å². The molecule has 0 bridgehead atoms. The van der Waals surface area contributed by atoms with Crippen LogP contribution in [-0.4, -0.2) is 42.2 Å². The smallest absolute Gasteiger partial charge is 0.222 e. The molecule has 2 heterocycles. The molecular formula is C13H20N4O2. The number of nitrogens with zero attached hydrogens (tertiary/aromatic N) is 3. The standard InChI is InChI=1S/C13H20N4O2/c1-10(2)13(18)15-9-11-14-4-3-12(16-11)17-5-7-19-8-6-17/h3-4,10H,5-9H2,1-2H3,(H,15,18). The third kappa shape index (κ3) is 3.89. The Labute approximate surface area is 113 Å². The summed E-state index contributed by atoms with van der Waals surface area (Å²) in [6.07, 6.45) is 1.73. The largest absolute Gasteiger partial charge is 0.378 e. The van der Waals surface area contributed by atoms with Crippen molar-refractivity contribution < 1.29 is 9.53 Å². The fraction of sp³-hybridized carbons (Fsp3) is 0.615. The lowest BCUT2D eigenvalue weighted by molar-refractivity contribution is -0.124. The molecule has 1 N–H and O–H groups in total. The molecule has 0 spiro atoms. The lowest BCUT2D eigenvalue weighted by atomic mass is 10.2. The summed E-state index contributed by atoms with van der Waals surface area (Å²) in [5.41, 5.74) is 0. The topological polar surface area (TPSA) is 67.4 Å². The Balaban J connectivity index is 1.96. The van der Waals surface area contributed by atoms with Crippen molar-refractivity contribution >= 4 is 11.7 Å². The van der Waals surface area contributed by atoms with Gasteiger partial charge in [-0.1, -0.05) is 13.8 Å². The summed E-state index contributed by atoms with van der Waals surface area (Å²) in [5, 5.41) is 2.82. The number of carbonyl (C=O) groups excluding carboxylic acids is 1. The van der Waals surface area contributed by atoms with Gasteiger partial charge in [0, 0.05) is 25.2 Å². The predicted molar refractivity (Wildman–Crippen MR) is 71.7 cm³/mol. The first-order valence-corrected chi connectivity index (χ1v) is 6.59. The molecule has 0 radical (unpaired) electrons. The van der Waals surface area contributed by atoms with Crippen LogP contribution in [0.1, 0.15) is 19.7 Å². The van der Waals surface area contributed by atoms with Crippen molar-refractivity contribution in [1.29, 1.82) is 0 Å². The maximum Gasteiger partial charge on any atom is 0.222 e. The van der Waals surface area contributed by atoms with Crippen molar-refractivity contribution in [3.05, 3.63) is 18.1 Å². The van der Waals surface area contributed by atoms with E-state index in [-0.39, 0.29) is 11.8 Å². The minimum Gasteiger partial charge on any atom is -0.378 e. The molecule has 19 heavy (non-hydrogen) atoms. The fourth-order valence-electron chi connectivity index (χ4n) is 1.81. The van der Waals surface area contributed by atoms with E-state index in [0.29, 0.717) is 12.4 Å². The van der Waals surface area contributed by atoms with Crippen LogP contribution in [0.2, 0.25) is 0 Å². The number of rotatable bonds is 4. The Morgan fingerprint density at radius 3 is 2.89 bits per heavy atom. The van der Waals surface area contributed by atoms with Crippen LogP contribution in [0.25, 0.3) is 0 Å². The predicted octanol–water partition coefficient (Wildman–Crippen LogP) is 0.585. The van der Waals surface area contributed by atoms with Gasteiger partial charge in [0.1, 0.15) is 11.6 Å². The van der Waals surface area contributed by atoms with Gasteiger partial charge in [0.2, 0.25) is 5.91 Å². The molecule has 1 aliphatic heterocycles. The number of morpholine rings is 1. The van der Waals surface area contributed by atoms with Crippen molar-refractivity contribution in [2.45, 2.75) is 20.4 Å². The summed E-state index contributed by atoms with van der Waals surface area (Å²) >= 11 is 0. The molecule has 1 saturated heterocycles. The van der Waals surface area contributed by atoms with Gasteiger partial charge in [0.25, 0.3) is 0 Å². The third-order valence-corrected chi connectivity index (χ3v) is 2.97. The highest BCUT2D eigenvalue weighted by atomic mass is 16.5. The second-order valence-corrected chi connectivity index (χ2v) is 4.80. The highest BCUT2D eigenvalue weighted by molar-refractivity contribution is 5.77. The average Bonchev–Trinajstić information content (AvgIpc) is 2.46. The van der Waals surface area contributed by atoms with E-state index in [4.69, 9.17) is 4.74 Å². The van der Waals surface area contributed by atoms with Crippen LogP contribution >= 0.6 is 0 Å². The minimum atomic E-state index is -0.0255. The molecule has 1 aromatic heterocycles. The second kappa shape index (κ2) is 6.47. The maximum atomic E-state index is 11.5. The Hall–Kier alpha value is -1.69. The van der Waals surface area contributed by atoms with Crippen LogP contribution in [0, 0.1) is 5.92 Å². The van der Waals surface area contributed by atoms with Gasteiger partial charge in [0.15, 0.2) is 0 Å². The van der Waals surface area contributed by atoms with Gasteiger partial charge in [-0.2, -0.15) is 0 Å². The number of anilines is 1. The van der Waals surface area contributed by atoms with E-state index < -0.39 is 0 Å². The van der Waals surface area contributed by atoms with E-state index in [9.17, 15) is 4.79 Å². The lowest BCUT2D eigenvalue weighted by Gasteiger charge is -2.27. The Bertz CT molecular complexity index is 430. The first-order valence-electron chi connectivity index (χ1n) is 6.59. The van der Waals surface area contributed by atoms with Crippen molar-refractivity contribution in [2.75, 3.05) is 31.2 Å². The molecular weight excluding hydrogens is 244 g/mol. The minimum absolute atomic E-state index is 0.0142. The number of hydrogen-bond acceptors (Lipinski definition) is 5. The van der Waals surface area contributed by atoms with Crippen LogP contribution < -0.4 is 10.2 Å². The first-order chi connectivity index (χ1) is 9.16. The SMILES string of the molecule is CC(C)C(=O)NCc1nccc(N2CCOCC2)n1. The summed E-state index contributed by atoms with van der Waals surface area (Å²) in [4.78, 5) is 22.3. The van der Waals surface area contributed by atoms with Crippen LogP contribution in [0.5, 0.6) is 0 Å². The highest BCUT2D eigenvalue weighted by Crippen LogP contribution is 2.11. The number of nitrogens with one attached hydrogen (secondary N) is 1. The molecule has 6 heteroatoms. The molecule has 1 aromatic rings. The Morgan fingerprint density at radius 2 is 2.21 bits per heavy atom. The van der Waals surface area contributed by atoms with E-state index in [1.54, 1.807) is 6.20 Å². The molecule has 1 aliphatic rings. The van der Waals surface area contributed by atoms with Crippen LogP contribution in [-0.2, 0) is 16.1 Å². The zero-order chi connectivity index (χ0) is 13.7. The average molecular weight is 264 g/mol. The summed E-state index contributed by atoms with van der Waals surface area (Å²) < 4.78 is 5.31. The van der Waals surface area contributed by atoms with Gasteiger partial charge in [-0.05, 0) is 6.07 Å². The molecule has 1 amide bonds. The maximum absolute atomic E-state index is 11.5. The van der Waals surface area contributed by atoms with Crippen molar-refractivity contribution in [1.82, 2.24) is 15.3 Å². The molecule has 2 rings (SSSR count). The van der Waals surface area contributed by atoms with E-state index in [1.807, 2.05) is 19.9 Å². The first kappa shape index (κ1) is 13.7. The number of ether oxygens (including phenoxy) is 1. The fourth-order valence-corrected chi connectivity index (χ4v) is 1.81. The number of carbonyl (C=O) groups is 1. The van der Waals surface area contributed by atoms with Gasteiger partial charge in [-0.15, -0.1) is 0 Å². The van der Waals surface area contributed by atoms with E-state index in [2.05, 4.69) is 20.2 Å². The van der Waals surface area contributed by atoms with Crippen LogP contribution in [0.15, 0.2) is 12.3 Å². The van der Waals surface area contributed by atoms with Gasteiger partial charge < -0.3 is 15.0 Å². The number of amides is 1. The molecule has 6 nitrogen and oxygen atoms in total. The lowest BCUT2D eigenvalue weighted by Crippen LogP contribution is -2.37. The molecule has 0 aliphatic carbocycles. The zero-order valence-corrected chi connectivity index (χ0v) is 11.4. The van der Waals surface area contributed by atoms with Gasteiger partial charge in [0.05, 0.1) is 19.8 Å². The quantitative estimate of drug-likeness (QED) is 0.862. The van der Waals surface area contributed by atoms with E-state index in [1.165, 1.54) is 0 Å². The Kier molecular flexibility index (Phi) is 4.68. The monoisotopic (exact) mass is 264 g/mol. The van der Waals surface area contributed by atoms with Crippen molar-refractivity contribution in [3.63, 3.8) is 0 Å². The molecule has 104 valence electrons. The highest BCUT2D eigenvalue weighted by Gasteiger charge is 2.13. The summed E-state index contributed by atoms with van der Waals surface area (Å²) in [7, 11) is 0. The molecule has 0 aromatic carbocycles. The number of hydrogen-bond donors (Lipinski definition) is 1. The summed E-state index contributed by atoms with van der Waals surface area (Å²) in [6, 6.07) is 1.89. The zero-order valence-electron chi connectivity index (χ0n) is 11.4. The molecule has 0 atom stereocenters. The summed E-state index contributed by atoms with van der Waals surface area (Å²) in [5.74, 6) is 1.52. The third-order valence-electron chi connectivity index (χ3n) is 2.97. The van der Waals surface area contributed by atoms with Gasteiger partial charge in [-0.3, -0.25) is 4.79 Å². The Morgan fingerprint density at radius 1 is 1.47 bits per heavy atom. The van der Waals surface area contributed by atoms with Gasteiger partial charge >= 0.3 is 0 Å². The van der Waals surface area contributed by atoms with Crippen molar-refractivity contribution in [3.8, 4) is 0 Å². The summed E-state index contributed by atoms with van der Waals surface area (Å²) in [6.45, 7) is 7.23. The van der Waals surface area contributed by atoms with Crippen LogP contribution in [0.3, 0.4) is 0 Å².